The lowest BCUT2D eigenvalue weighted by Gasteiger charge is -2.20. The van der Waals surface area contributed by atoms with Gasteiger partial charge in [0.2, 0.25) is 5.91 Å². The topological polar surface area (TPSA) is 99.8 Å². The number of H-pyrrole nitrogens is 1. The van der Waals surface area contributed by atoms with Crippen LogP contribution in [0.15, 0.2) is 35.7 Å². The van der Waals surface area contributed by atoms with Crippen LogP contribution in [0.1, 0.15) is 36.7 Å². The van der Waals surface area contributed by atoms with Crippen LogP contribution in [-0.2, 0) is 10.5 Å². The predicted molar refractivity (Wildman–Crippen MR) is 92.6 cm³/mol. The van der Waals surface area contributed by atoms with E-state index in [1.165, 1.54) is 18.1 Å². The normalized spacial score (nSPS) is 11.1. The molecular formula is C16H21N5O2S. The number of nitrogens with zero attached hydrogens (tertiary/aromatic N) is 2. The maximum absolute atomic E-state index is 12.1. The lowest BCUT2D eigenvalue weighted by Crippen LogP contribution is -2.45. The van der Waals surface area contributed by atoms with E-state index in [9.17, 15) is 9.59 Å². The van der Waals surface area contributed by atoms with E-state index >= 15 is 0 Å². The molecule has 0 fully saturated rings. The number of aromatic nitrogens is 3. The Morgan fingerprint density at radius 2 is 1.92 bits per heavy atom. The zero-order valence-corrected chi connectivity index (χ0v) is 14.7. The number of nitrogens with one attached hydrogen (secondary N) is 3. The Morgan fingerprint density at radius 1 is 1.21 bits per heavy atom. The first-order chi connectivity index (χ1) is 11.3. The smallest absolute Gasteiger partial charge is 0.251 e. The average Bonchev–Trinajstić information content (AvgIpc) is 3.03. The molecule has 2 rings (SSSR count). The van der Waals surface area contributed by atoms with Gasteiger partial charge in [0.05, 0.1) is 6.54 Å². The van der Waals surface area contributed by atoms with E-state index in [1.807, 2.05) is 32.9 Å². The molecule has 0 unspecified atom stereocenters. The number of hydrogen-bond acceptors (Lipinski definition) is 5. The fourth-order valence-electron chi connectivity index (χ4n) is 1.89. The molecule has 0 aliphatic heterocycles. The summed E-state index contributed by atoms with van der Waals surface area (Å²) in [5.41, 5.74) is 1.27. The number of benzene rings is 1. The lowest BCUT2D eigenvalue weighted by molar-refractivity contribution is -0.121. The van der Waals surface area contributed by atoms with Gasteiger partial charge < -0.3 is 10.6 Å². The van der Waals surface area contributed by atoms with Crippen molar-refractivity contribution in [2.24, 2.45) is 0 Å². The highest BCUT2D eigenvalue weighted by atomic mass is 32.2. The highest BCUT2D eigenvalue weighted by Crippen LogP contribution is 2.18. The Balaban J connectivity index is 1.81. The molecule has 0 saturated heterocycles. The van der Waals surface area contributed by atoms with Crippen molar-refractivity contribution in [3.8, 4) is 0 Å². The number of rotatable bonds is 6. The summed E-state index contributed by atoms with van der Waals surface area (Å²) in [7, 11) is 0. The molecule has 0 saturated carbocycles. The highest BCUT2D eigenvalue weighted by Gasteiger charge is 2.14. The van der Waals surface area contributed by atoms with Gasteiger partial charge in [-0.1, -0.05) is 23.9 Å². The zero-order valence-electron chi connectivity index (χ0n) is 13.9. The molecule has 7 nitrogen and oxygen atoms in total. The Kier molecular flexibility index (Phi) is 5.97. The first kappa shape index (κ1) is 18.0. The fraction of sp³-hybridized carbons (Fsp3) is 0.375. The van der Waals surface area contributed by atoms with E-state index in [4.69, 9.17) is 0 Å². The van der Waals surface area contributed by atoms with Gasteiger partial charge in [0.1, 0.15) is 6.33 Å². The van der Waals surface area contributed by atoms with Crippen LogP contribution in [0.4, 0.5) is 0 Å². The number of hydrogen-bond donors (Lipinski definition) is 3. The molecule has 24 heavy (non-hydrogen) atoms. The van der Waals surface area contributed by atoms with Crippen molar-refractivity contribution in [2.75, 3.05) is 6.54 Å². The minimum Gasteiger partial charge on any atom is -0.350 e. The summed E-state index contributed by atoms with van der Waals surface area (Å²) >= 11 is 1.53. The summed E-state index contributed by atoms with van der Waals surface area (Å²) in [4.78, 5) is 27.8. The van der Waals surface area contributed by atoms with Gasteiger partial charge in [-0.3, -0.25) is 14.7 Å². The summed E-state index contributed by atoms with van der Waals surface area (Å²) in [5, 5.41) is 12.7. The van der Waals surface area contributed by atoms with Crippen molar-refractivity contribution in [1.82, 2.24) is 25.8 Å². The molecule has 0 spiro atoms. The maximum atomic E-state index is 12.1. The van der Waals surface area contributed by atoms with Crippen molar-refractivity contribution < 1.29 is 9.59 Å². The van der Waals surface area contributed by atoms with Crippen molar-refractivity contribution in [3.05, 3.63) is 41.7 Å². The molecule has 2 aromatic rings. The van der Waals surface area contributed by atoms with Gasteiger partial charge in [-0.25, -0.2) is 4.98 Å². The average molecular weight is 347 g/mol. The second kappa shape index (κ2) is 7.96. The Hall–Kier alpha value is -2.35. The van der Waals surface area contributed by atoms with Crippen LogP contribution in [0.25, 0.3) is 0 Å². The van der Waals surface area contributed by atoms with E-state index in [0.717, 1.165) is 16.5 Å². The van der Waals surface area contributed by atoms with Gasteiger partial charge in [0.25, 0.3) is 5.91 Å². The van der Waals surface area contributed by atoms with Gasteiger partial charge in [-0.05, 0) is 38.5 Å². The van der Waals surface area contributed by atoms with Gasteiger partial charge >= 0.3 is 0 Å². The Bertz CT molecular complexity index is 677. The van der Waals surface area contributed by atoms with Crippen LogP contribution in [0.2, 0.25) is 0 Å². The quantitative estimate of drug-likeness (QED) is 0.691. The van der Waals surface area contributed by atoms with Crippen LogP contribution in [-0.4, -0.2) is 39.1 Å². The maximum Gasteiger partial charge on any atom is 0.251 e. The number of carbonyl (C=O) groups excluding carboxylic acids is 2. The lowest BCUT2D eigenvalue weighted by atomic mass is 10.1. The Labute approximate surface area is 145 Å². The van der Waals surface area contributed by atoms with Crippen molar-refractivity contribution in [2.45, 2.75) is 37.2 Å². The minimum atomic E-state index is -0.315. The van der Waals surface area contributed by atoms with Crippen molar-refractivity contribution in [1.29, 1.82) is 0 Å². The van der Waals surface area contributed by atoms with Gasteiger partial charge in [0, 0.05) is 16.9 Å². The first-order valence-electron chi connectivity index (χ1n) is 7.50. The number of aromatic amines is 1. The molecule has 0 atom stereocenters. The van der Waals surface area contributed by atoms with Crippen molar-refractivity contribution in [3.63, 3.8) is 0 Å². The van der Waals surface area contributed by atoms with Crippen molar-refractivity contribution >= 4 is 23.6 Å². The third kappa shape index (κ3) is 6.04. The molecule has 0 radical (unpaired) electrons. The SMILES string of the molecule is CC(C)(C)NC(=O)CNC(=O)c1ccc(CSc2ncn[nH]2)cc1. The molecule has 1 heterocycles. The summed E-state index contributed by atoms with van der Waals surface area (Å²) in [5.74, 6) is 0.245. The molecule has 0 bridgehead atoms. The molecule has 0 aliphatic rings. The second-order valence-electron chi connectivity index (χ2n) is 6.26. The first-order valence-corrected chi connectivity index (χ1v) is 8.48. The van der Waals surface area contributed by atoms with Crippen LogP contribution in [0, 0.1) is 0 Å². The monoisotopic (exact) mass is 347 g/mol. The van der Waals surface area contributed by atoms with Crippen LogP contribution in [0.3, 0.4) is 0 Å². The fourth-order valence-corrected chi connectivity index (χ4v) is 2.63. The third-order valence-electron chi connectivity index (χ3n) is 2.91. The van der Waals surface area contributed by atoms with E-state index < -0.39 is 0 Å². The Morgan fingerprint density at radius 3 is 2.50 bits per heavy atom. The predicted octanol–water partition coefficient (Wildman–Crippen LogP) is 1.74. The molecule has 128 valence electrons. The zero-order chi connectivity index (χ0) is 17.6. The number of amides is 2. The molecule has 3 N–H and O–H groups in total. The minimum absolute atomic E-state index is 0.0425. The van der Waals surface area contributed by atoms with Crippen LogP contribution >= 0.6 is 11.8 Å². The van der Waals surface area contributed by atoms with Crippen LogP contribution in [0.5, 0.6) is 0 Å². The molecule has 1 aromatic heterocycles. The third-order valence-corrected chi connectivity index (χ3v) is 3.86. The summed E-state index contributed by atoms with van der Waals surface area (Å²) in [6, 6.07) is 7.25. The summed E-state index contributed by atoms with van der Waals surface area (Å²) in [6.45, 7) is 5.63. The second-order valence-corrected chi connectivity index (χ2v) is 7.22. The van der Waals surface area contributed by atoms with E-state index in [1.54, 1.807) is 12.1 Å². The van der Waals surface area contributed by atoms with Gasteiger partial charge in [-0.15, -0.1) is 0 Å². The molecule has 2 amide bonds. The van der Waals surface area contributed by atoms with E-state index in [-0.39, 0.29) is 23.9 Å². The van der Waals surface area contributed by atoms with E-state index in [2.05, 4.69) is 25.8 Å². The molecule has 1 aromatic carbocycles. The summed E-state index contributed by atoms with van der Waals surface area (Å²) in [6.07, 6.45) is 1.46. The summed E-state index contributed by atoms with van der Waals surface area (Å²) < 4.78 is 0. The molecular weight excluding hydrogens is 326 g/mol. The van der Waals surface area contributed by atoms with Gasteiger partial charge in [-0.2, -0.15) is 5.10 Å². The van der Waals surface area contributed by atoms with Crippen LogP contribution < -0.4 is 10.6 Å². The number of carbonyl (C=O) groups is 2. The standard InChI is InChI=1S/C16H21N5O2S/c1-16(2,3)20-13(22)8-17-14(23)12-6-4-11(5-7-12)9-24-15-18-10-19-21-15/h4-7,10H,8-9H2,1-3H3,(H,17,23)(H,20,22)(H,18,19,21). The molecule has 0 aliphatic carbocycles. The highest BCUT2D eigenvalue weighted by molar-refractivity contribution is 7.98. The molecule has 8 heteroatoms. The number of thioether (sulfide) groups is 1. The largest absolute Gasteiger partial charge is 0.350 e. The van der Waals surface area contributed by atoms with Gasteiger partial charge in [0.15, 0.2) is 5.16 Å². The van der Waals surface area contributed by atoms with E-state index in [0.29, 0.717) is 5.56 Å².